The van der Waals surface area contributed by atoms with E-state index < -0.39 is 24.0 Å². The number of urea groups is 1. The Morgan fingerprint density at radius 3 is 2.62 bits per heavy atom. The van der Waals surface area contributed by atoms with Crippen LogP contribution in [0.3, 0.4) is 0 Å². The first-order valence-corrected chi connectivity index (χ1v) is 7.20. The van der Waals surface area contributed by atoms with Crippen LogP contribution < -0.4 is 10.6 Å². The molecule has 8 nitrogen and oxygen atoms in total. The standard InChI is InChI=1S/C16H18N2O6/c1-9(14(19)18-16(21)17-2)23-15(20)13-11(8-22-3)10-6-4-5-7-12(10)24-13/h4-7,9H,8H2,1-3H3,(H2,17,18,19,21). The Morgan fingerprint density at radius 2 is 1.96 bits per heavy atom. The third kappa shape index (κ3) is 3.72. The van der Waals surface area contributed by atoms with Crippen molar-refractivity contribution in [2.75, 3.05) is 14.2 Å². The zero-order valence-electron chi connectivity index (χ0n) is 13.5. The van der Waals surface area contributed by atoms with Crippen LogP contribution in [0.4, 0.5) is 4.79 Å². The van der Waals surface area contributed by atoms with Gasteiger partial charge in [0.15, 0.2) is 6.10 Å². The molecule has 0 radical (unpaired) electrons. The molecule has 24 heavy (non-hydrogen) atoms. The molecule has 128 valence electrons. The van der Waals surface area contributed by atoms with Crippen molar-refractivity contribution >= 4 is 28.9 Å². The van der Waals surface area contributed by atoms with Gasteiger partial charge in [0.1, 0.15) is 5.58 Å². The van der Waals surface area contributed by atoms with Gasteiger partial charge in [-0.25, -0.2) is 9.59 Å². The van der Waals surface area contributed by atoms with E-state index in [1.165, 1.54) is 21.1 Å². The normalized spacial score (nSPS) is 11.8. The van der Waals surface area contributed by atoms with Crippen molar-refractivity contribution in [2.45, 2.75) is 19.6 Å². The number of rotatable bonds is 5. The molecule has 2 N–H and O–H groups in total. The van der Waals surface area contributed by atoms with E-state index in [9.17, 15) is 14.4 Å². The first kappa shape index (κ1) is 17.5. The monoisotopic (exact) mass is 334 g/mol. The minimum absolute atomic E-state index is 0.0300. The first-order chi connectivity index (χ1) is 11.5. The number of hydrogen-bond donors (Lipinski definition) is 2. The molecule has 1 unspecified atom stereocenters. The number of carbonyl (C=O) groups is 3. The molecule has 0 aliphatic rings. The highest BCUT2D eigenvalue weighted by Crippen LogP contribution is 2.27. The van der Waals surface area contributed by atoms with Gasteiger partial charge in [0.2, 0.25) is 5.76 Å². The maximum Gasteiger partial charge on any atom is 0.375 e. The molecule has 0 aliphatic carbocycles. The summed E-state index contributed by atoms with van der Waals surface area (Å²) in [7, 11) is 2.86. The lowest BCUT2D eigenvalue weighted by Gasteiger charge is -2.12. The highest BCUT2D eigenvalue weighted by Gasteiger charge is 2.26. The Morgan fingerprint density at radius 1 is 1.25 bits per heavy atom. The van der Waals surface area contributed by atoms with Crippen LogP contribution in [0.5, 0.6) is 0 Å². The summed E-state index contributed by atoms with van der Waals surface area (Å²) >= 11 is 0. The fourth-order valence-electron chi connectivity index (χ4n) is 2.09. The molecule has 0 saturated heterocycles. The molecule has 1 heterocycles. The van der Waals surface area contributed by atoms with Gasteiger partial charge >= 0.3 is 12.0 Å². The van der Waals surface area contributed by atoms with Gasteiger partial charge in [0, 0.05) is 25.1 Å². The molecule has 0 aliphatic heterocycles. The molecule has 2 aromatic rings. The average molecular weight is 334 g/mol. The van der Waals surface area contributed by atoms with Gasteiger partial charge in [-0.15, -0.1) is 0 Å². The fraction of sp³-hybridized carbons (Fsp3) is 0.312. The van der Waals surface area contributed by atoms with E-state index in [0.717, 1.165) is 5.39 Å². The quantitative estimate of drug-likeness (QED) is 0.804. The molecule has 0 fully saturated rings. The van der Waals surface area contributed by atoms with Gasteiger partial charge in [0.25, 0.3) is 5.91 Å². The number of fused-ring (bicyclic) bond motifs is 1. The smallest absolute Gasteiger partial charge is 0.375 e. The molecule has 0 bridgehead atoms. The number of nitrogens with one attached hydrogen (secondary N) is 2. The number of ether oxygens (including phenoxy) is 2. The van der Waals surface area contributed by atoms with E-state index in [1.807, 2.05) is 11.4 Å². The minimum atomic E-state index is -1.17. The van der Waals surface area contributed by atoms with Crippen LogP contribution in [0.1, 0.15) is 23.0 Å². The van der Waals surface area contributed by atoms with Crippen molar-refractivity contribution in [1.29, 1.82) is 0 Å². The second-order valence-electron chi connectivity index (χ2n) is 4.95. The third-order valence-corrected chi connectivity index (χ3v) is 3.29. The molecular formula is C16H18N2O6. The second kappa shape index (κ2) is 7.60. The predicted octanol–water partition coefficient (Wildman–Crippen LogP) is 1.58. The van der Waals surface area contributed by atoms with Crippen molar-refractivity contribution in [3.63, 3.8) is 0 Å². The minimum Gasteiger partial charge on any atom is -0.449 e. The molecule has 1 aromatic carbocycles. The van der Waals surface area contributed by atoms with Crippen LogP contribution in [0, 0.1) is 0 Å². The number of furan rings is 1. The van der Waals surface area contributed by atoms with Gasteiger partial charge in [0.05, 0.1) is 6.61 Å². The van der Waals surface area contributed by atoms with E-state index >= 15 is 0 Å². The zero-order valence-corrected chi connectivity index (χ0v) is 13.5. The summed E-state index contributed by atoms with van der Waals surface area (Å²) in [5, 5.41) is 4.99. The van der Waals surface area contributed by atoms with Crippen LogP contribution in [-0.4, -0.2) is 38.2 Å². The van der Waals surface area contributed by atoms with Gasteiger partial charge in [-0.1, -0.05) is 18.2 Å². The summed E-state index contributed by atoms with van der Waals surface area (Å²) in [5.41, 5.74) is 1.05. The van der Waals surface area contributed by atoms with E-state index in [4.69, 9.17) is 13.9 Å². The molecule has 8 heteroatoms. The van der Waals surface area contributed by atoms with Crippen LogP contribution in [0.15, 0.2) is 28.7 Å². The van der Waals surface area contributed by atoms with Gasteiger partial charge in [-0.2, -0.15) is 0 Å². The van der Waals surface area contributed by atoms with Gasteiger partial charge in [-0.05, 0) is 13.0 Å². The number of benzene rings is 1. The maximum absolute atomic E-state index is 12.3. The molecule has 0 saturated carbocycles. The first-order valence-electron chi connectivity index (χ1n) is 7.20. The Labute approximate surface area is 138 Å². The number of amides is 3. The molecule has 3 amide bonds. The van der Waals surface area contributed by atoms with E-state index in [0.29, 0.717) is 11.1 Å². The summed E-state index contributed by atoms with van der Waals surface area (Å²) < 4.78 is 15.7. The number of methoxy groups -OCH3 is 1. The highest BCUT2D eigenvalue weighted by molar-refractivity contribution is 5.99. The second-order valence-corrected chi connectivity index (χ2v) is 4.95. The SMILES string of the molecule is CNC(=O)NC(=O)C(C)OC(=O)c1oc2ccccc2c1COC. The van der Waals surface area contributed by atoms with Crippen LogP contribution in [0.2, 0.25) is 0 Å². The lowest BCUT2D eigenvalue weighted by molar-refractivity contribution is -0.128. The zero-order chi connectivity index (χ0) is 17.7. The van der Waals surface area contributed by atoms with Gasteiger partial charge < -0.3 is 19.2 Å². The summed E-state index contributed by atoms with van der Waals surface area (Å²) in [6.45, 7) is 1.51. The highest BCUT2D eigenvalue weighted by atomic mass is 16.6. The van der Waals surface area contributed by atoms with Crippen molar-refractivity contribution in [3.05, 3.63) is 35.6 Å². The summed E-state index contributed by atoms with van der Waals surface area (Å²) in [6, 6.07) is 6.41. The Bertz CT molecular complexity index is 767. The summed E-state index contributed by atoms with van der Waals surface area (Å²) in [5.74, 6) is -1.58. The number of imide groups is 1. The maximum atomic E-state index is 12.3. The molecule has 1 aromatic heterocycles. The van der Waals surface area contributed by atoms with E-state index in [-0.39, 0.29) is 12.4 Å². The van der Waals surface area contributed by atoms with Crippen LogP contribution in [-0.2, 0) is 20.9 Å². The van der Waals surface area contributed by atoms with Crippen LogP contribution in [0.25, 0.3) is 11.0 Å². The molecular weight excluding hydrogens is 316 g/mol. The largest absolute Gasteiger partial charge is 0.449 e. The number of carbonyl (C=O) groups excluding carboxylic acids is 3. The molecule has 1 atom stereocenters. The van der Waals surface area contributed by atoms with E-state index in [1.54, 1.807) is 18.2 Å². The lowest BCUT2D eigenvalue weighted by atomic mass is 10.1. The Balaban J connectivity index is 2.20. The van der Waals surface area contributed by atoms with E-state index in [2.05, 4.69) is 5.32 Å². The topological polar surface area (TPSA) is 107 Å². The summed E-state index contributed by atoms with van der Waals surface area (Å²) in [4.78, 5) is 35.2. The lowest BCUT2D eigenvalue weighted by Crippen LogP contribution is -2.43. The fourth-order valence-corrected chi connectivity index (χ4v) is 2.09. The van der Waals surface area contributed by atoms with Crippen molar-refractivity contribution in [1.82, 2.24) is 10.6 Å². The molecule has 0 spiro atoms. The van der Waals surface area contributed by atoms with Crippen molar-refractivity contribution in [3.8, 4) is 0 Å². The Kier molecular flexibility index (Phi) is 5.54. The average Bonchev–Trinajstić information content (AvgIpc) is 2.94. The van der Waals surface area contributed by atoms with Crippen molar-refractivity contribution in [2.24, 2.45) is 0 Å². The number of para-hydroxylation sites is 1. The third-order valence-electron chi connectivity index (χ3n) is 3.29. The van der Waals surface area contributed by atoms with Gasteiger partial charge in [-0.3, -0.25) is 10.1 Å². The van der Waals surface area contributed by atoms with Crippen LogP contribution >= 0.6 is 0 Å². The number of hydrogen-bond acceptors (Lipinski definition) is 6. The Hall–Kier alpha value is -2.87. The van der Waals surface area contributed by atoms with Crippen molar-refractivity contribution < 1.29 is 28.3 Å². The predicted molar refractivity (Wildman–Crippen MR) is 84.4 cm³/mol. The summed E-state index contributed by atoms with van der Waals surface area (Å²) in [6.07, 6.45) is -1.17. The molecule has 2 rings (SSSR count). The number of esters is 1.